The highest BCUT2D eigenvalue weighted by Gasteiger charge is 2.39. The van der Waals surface area contributed by atoms with E-state index >= 15 is 0 Å². The third-order valence-electron chi connectivity index (χ3n) is 4.16. The van der Waals surface area contributed by atoms with Crippen molar-refractivity contribution in [2.75, 3.05) is 0 Å². The monoisotopic (exact) mass is 324 g/mol. The summed E-state index contributed by atoms with van der Waals surface area (Å²) < 4.78 is 0. The van der Waals surface area contributed by atoms with Crippen LogP contribution in [0.15, 0.2) is 72.8 Å². The molecule has 0 radical (unpaired) electrons. The average molecular weight is 324 g/mol. The summed E-state index contributed by atoms with van der Waals surface area (Å²) in [7, 11) is 0. The van der Waals surface area contributed by atoms with Gasteiger partial charge in [0.15, 0.2) is 0 Å². The summed E-state index contributed by atoms with van der Waals surface area (Å²) in [6, 6.07) is 18.6. The van der Waals surface area contributed by atoms with Gasteiger partial charge in [0.05, 0.1) is 6.42 Å². The smallest absolute Gasteiger partial charge is 0.331 e. The van der Waals surface area contributed by atoms with Gasteiger partial charge >= 0.3 is 11.9 Å². The Morgan fingerprint density at radius 1 is 0.833 bits per heavy atom. The lowest BCUT2D eigenvalue weighted by Crippen LogP contribution is -2.35. The third-order valence-corrected chi connectivity index (χ3v) is 4.16. The van der Waals surface area contributed by atoms with Crippen molar-refractivity contribution in [1.29, 1.82) is 0 Å². The molecule has 0 saturated heterocycles. The molecule has 2 aromatic rings. The quantitative estimate of drug-likeness (QED) is 0.728. The minimum atomic E-state index is -1.16. The number of carboxylic acids is 2. The first-order valence-electron chi connectivity index (χ1n) is 7.65. The molecule has 0 spiro atoms. The average Bonchev–Trinajstić information content (AvgIpc) is 2.55. The number of carboxylic acid groups (broad SMARTS) is 2. The zero-order valence-electron chi connectivity index (χ0n) is 13.3. The van der Waals surface area contributed by atoms with Crippen molar-refractivity contribution >= 4 is 11.9 Å². The molecular weight excluding hydrogens is 304 g/mol. The van der Waals surface area contributed by atoms with E-state index in [1.54, 1.807) is 0 Å². The summed E-state index contributed by atoms with van der Waals surface area (Å²) in [6.07, 6.45) is 0.322. The summed E-state index contributed by atoms with van der Waals surface area (Å²) in [5, 5.41) is 18.9. The second kappa shape index (κ2) is 7.59. The SMILES string of the molecule is C=C(C(=O)O)C(CC(=O)O)(Cc1ccccc1)Cc1ccccc1. The van der Waals surface area contributed by atoms with Gasteiger partial charge in [0.2, 0.25) is 0 Å². The number of hydrogen-bond acceptors (Lipinski definition) is 2. The molecule has 124 valence electrons. The Balaban J connectivity index is 2.48. The van der Waals surface area contributed by atoms with Gasteiger partial charge in [-0.2, -0.15) is 0 Å². The maximum absolute atomic E-state index is 11.6. The zero-order chi connectivity index (χ0) is 17.6. The zero-order valence-corrected chi connectivity index (χ0v) is 13.3. The molecule has 0 aromatic heterocycles. The van der Waals surface area contributed by atoms with Gasteiger partial charge in [0.1, 0.15) is 0 Å². The fourth-order valence-electron chi connectivity index (χ4n) is 3.00. The van der Waals surface area contributed by atoms with Crippen LogP contribution in [0.5, 0.6) is 0 Å². The first kappa shape index (κ1) is 17.5. The molecule has 0 saturated carbocycles. The topological polar surface area (TPSA) is 74.6 Å². The van der Waals surface area contributed by atoms with E-state index in [1.807, 2.05) is 60.7 Å². The standard InChI is InChI=1S/C20H20O4/c1-15(19(23)24)20(14-18(21)22,12-16-8-4-2-5-9-16)13-17-10-6-3-7-11-17/h2-11H,1,12-14H2,(H,21,22)(H,23,24). The van der Waals surface area contributed by atoms with Crippen LogP contribution < -0.4 is 0 Å². The van der Waals surface area contributed by atoms with E-state index < -0.39 is 17.4 Å². The van der Waals surface area contributed by atoms with Crippen LogP contribution >= 0.6 is 0 Å². The van der Waals surface area contributed by atoms with E-state index in [2.05, 4.69) is 6.58 Å². The van der Waals surface area contributed by atoms with Crippen LogP contribution in [0, 0.1) is 5.41 Å². The van der Waals surface area contributed by atoms with E-state index in [0.717, 1.165) is 11.1 Å². The van der Waals surface area contributed by atoms with Gasteiger partial charge in [-0.15, -0.1) is 0 Å². The number of benzene rings is 2. The van der Waals surface area contributed by atoms with Crippen LogP contribution in [0.1, 0.15) is 17.5 Å². The summed E-state index contributed by atoms with van der Waals surface area (Å²) in [5.74, 6) is -2.20. The van der Waals surface area contributed by atoms with Crippen molar-refractivity contribution in [3.63, 3.8) is 0 Å². The minimum absolute atomic E-state index is 0.0717. The molecule has 2 N–H and O–H groups in total. The van der Waals surface area contributed by atoms with Crippen molar-refractivity contribution in [3.05, 3.63) is 83.9 Å². The fraction of sp³-hybridized carbons (Fsp3) is 0.200. The summed E-state index contributed by atoms with van der Waals surface area (Å²) in [5.41, 5.74) is 0.618. The molecule has 0 bridgehead atoms. The minimum Gasteiger partial charge on any atom is -0.481 e. The molecule has 0 amide bonds. The van der Waals surface area contributed by atoms with Gasteiger partial charge in [-0.05, 0) is 24.0 Å². The third kappa shape index (κ3) is 4.32. The maximum Gasteiger partial charge on any atom is 0.331 e. The van der Waals surface area contributed by atoms with Crippen molar-refractivity contribution in [1.82, 2.24) is 0 Å². The second-order valence-electron chi connectivity index (χ2n) is 5.96. The van der Waals surface area contributed by atoms with Crippen LogP contribution in [-0.4, -0.2) is 22.2 Å². The molecule has 0 aliphatic heterocycles. The van der Waals surface area contributed by atoms with Gasteiger partial charge in [-0.1, -0.05) is 67.2 Å². The predicted octanol–water partition coefficient (Wildman–Crippen LogP) is 3.57. The number of carbonyl (C=O) groups is 2. The van der Waals surface area contributed by atoms with E-state index in [-0.39, 0.29) is 12.0 Å². The van der Waals surface area contributed by atoms with Gasteiger partial charge < -0.3 is 10.2 Å². The molecule has 0 unspecified atom stereocenters. The van der Waals surface area contributed by atoms with Crippen LogP contribution in [0.3, 0.4) is 0 Å². The normalized spacial score (nSPS) is 11.0. The lowest BCUT2D eigenvalue weighted by molar-refractivity contribution is -0.140. The molecule has 2 rings (SSSR count). The largest absolute Gasteiger partial charge is 0.481 e. The van der Waals surface area contributed by atoms with Crippen LogP contribution in [0.25, 0.3) is 0 Å². The van der Waals surface area contributed by atoms with E-state index in [9.17, 15) is 19.8 Å². The van der Waals surface area contributed by atoms with E-state index in [0.29, 0.717) is 12.8 Å². The molecule has 0 fully saturated rings. The molecule has 0 heterocycles. The molecule has 2 aromatic carbocycles. The van der Waals surface area contributed by atoms with Crippen LogP contribution in [-0.2, 0) is 22.4 Å². The van der Waals surface area contributed by atoms with Gasteiger partial charge in [-0.25, -0.2) is 4.79 Å². The Hall–Kier alpha value is -2.88. The van der Waals surface area contributed by atoms with Gasteiger partial charge in [-0.3, -0.25) is 4.79 Å². The summed E-state index contributed by atoms with van der Waals surface area (Å²) in [6.45, 7) is 3.71. The lowest BCUT2D eigenvalue weighted by atomic mass is 9.69. The van der Waals surface area contributed by atoms with E-state index in [4.69, 9.17) is 0 Å². The Labute approximate surface area is 141 Å². The van der Waals surface area contributed by atoms with E-state index in [1.165, 1.54) is 0 Å². The number of hydrogen-bond donors (Lipinski definition) is 2. The fourth-order valence-corrected chi connectivity index (χ4v) is 3.00. The number of aliphatic carboxylic acids is 2. The Kier molecular flexibility index (Phi) is 5.53. The highest BCUT2D eigenvalue weighted by atomic mass is 16.4. The second-order valence-corrected chi connectivity index (χ2v) is 5.96. The molecule has 4 nitrogen and oxygen atoms in total. The maximum atomic E-state index is 11.6. The lowest BCUT2D eigenvalue weighted by Gasteiger charge is -2.33. The Bertz CT molecular complexity index is 678. The van der Waals surface area contributed by atoms with Gasteiger partial charge in [0, 0.05) is 11.0 Å². The molecule has 24 heavy (non-hydrogen) atoms. The molecule has 0 aliphatic carbocycles. The van der Waals surface area contributed by atoms with Crippen molar-refractivity contribution in [3.8, 4) is 0 Å². The molecule has 0 atom stereocenters. The predicted molar refractivity (Wildman–Crippen MR) is 91.8 cm³/mol. The number of rotatable bonds is 8. The highest BCUT2D eigenvalue weighted by Crippen LogP contribution is 2.38. The Morgan fingerprint density at radius 2 is 1.25 bits per heavy atom. The molecule has 0 aliphatic rings. The highest BCUT2D eigenvalue weighted by molar-refractivity contribution is 5.89. The first-order chi connectivity index (χ1) is 11.4. The molecular formula is C20H20O4. The van der Waals surface area contributed by atoms with Gasteiger partial charge in [0.25, 0.3) is 0 Å². The Morgan fingerprint density at radius 3 is 1.58 bits per heavy atom. The van der Waals surface area contributed by atoms with Crippen molar-refractivity contribution in [2.24, 2.45) is 5.41 Å². The first-order valence-corrected chi connectivity index (χ1v) is 7.65. The van der Waals surface area contributed by atoms with Crippen LogP contribution in [0.4, 0.5) is 0 Å². The summed E-state index contributed by atoms with van der Waals surface area (Å²) >= 11 is 0. The summed E-state index contributed by atoms with van der Waals surface area (Å²) in [4.78, 5) is 23.1. The van der Waals surface area contributed by atoms with Crippen LogP contribution in [0.2, 0.25) is 0 Å². The van der Waals surface area contributed by atoms with Crippen molar-refractivity contribution < 1.29 is 19.8 Å². The van der Waals surface area contributed by atoms with Crippen molar-refractivity contribution in [2.45, 2.75) is 19.3 Å². The molecule has 4 heteroatoms.